The lowest BCUT2D eigenvalue weighted by Crippen LogP contribution is -2.55. The maximum Gasteiger partial charge on any atom is 0.237 e. The highest BCUT2D eigenvalue weighted by Crippen LogP contribution is 2.29. The molecule has 0 bridgehead atoms. The number of carbonyl (C=O) groups is 1. The molecule has 0 spiro atoms. The number of aliphatic hydroxyl groups is 1. The van der Waals surface area contributed by atoms with Gasteiger partial charge in [0, 0.05) is 12.1 Å². The molecule has 16 heavy (non-hydrogen) atoms. The molecular formula is C12H22N2O2. The maximum absolute atomic E-state index is 11.6. The third kappa shape index (κ3) is 3.32. The Labute approximate surface area is 97.1 Å². The quantitative estimate of drug-likeness (QED) is 0.580. The number of nitrogens with one attached hydrogen (secondary N) is 2. The summed E-state index contributed by atoms with van der Waals surface area (Å²) in [6.07, 6.45) is 5.79. The van der Waals surface area contributed by atoms with Gasteiger partial charge >= 0.3 is 0 Å². The smallest absolute Gasteiger partial charge is 0.237 e. The Balaban J connectivity index is 2.45. The summed E-state index contributed by atoms with van der Waals surface area (Å²) in [6, 6.07) is -0.273. The predicted octanol–water partition coefficient (Wildman–Crippen LogP) is 0.572. The number of aliphatic hydroxyl groups excluding tert-OH is 1. The molecule has 0 aromatic rings. The minimum atomic E-state index is -0.273. The van der Waals surface area contributed by atoms with Crippen LogP contribution in [0.5, 0.6) is 0 Å². The van der Waals surface area contributed by atoms with Gasteiger partial charge in [0.25, 0.3) is 0 Å². The monoisotopic (exact) mass is 226 g/mol. The van der Waals surface area contributed by atoms with E-state index in [1.54, 1.807) is 6.08 Å². The van der Waals surface area contributed by atoms with Crippen LogP contribution in [0.4, 0.5) is 0 Å². The Kier molecular flexibility index (Phi) is 4.96. The van der Waals surface area contributed by atoms with Gasteiger partial charge in [0.05, 0.1) is 12.6 Å². The van der Waals surface area contributed by atoms with Crippen LogP contribution in [0.1, 0.15) is 32.6 Å². The molecule has 0 radical (unpaired) electrons. The third-order valence-corrected chi connectivity index (χ3v) is 3.20. The molecule has 0 saturated heterocycles. The first-order valence-corrected chi connectivity index (χ1v) is 5.91. The van der Waals surface area contributed by atoms with Crippen LogP contribution >= 0.6 is 0 Å². The van der Waals surface area contributed by atoms with Crippen LogP contribution in [0, 0.1) is 0 Å². The van der Waals surface area contributed by atoms with Crippen LogP contribution in [0.25, 0.3) is 0 Å². The van der Waals surface area contributed by atoms with E-state index >= 15 is 0 Å². The number of amides is 1. The molecule has 1 aliphatic carbocycles. The van der Waals surface area contributed by atoms with Gasteiger partial charge in [-0.2, -0.15) is 0 Å². The van der Waals surface area contributed by atoms with E-state index in [4.69, 9.17) is 0 Å². The molecular weight excluding hydrogens is 204 g/mol. The zero-order chi connectivity index (χ0) is 12.0. The average Bonchev–Trinajstić information content (AvgIpc) is 2.75. The molecule has 1 amide bonds. The Bertz CT molecular complexity index is 247. The summed E-state index contributed by atoms with van der Waals surface area (Å²) < 4.78 is 0. The molecule has 1 rings (SSSR count). The summed E-state index contributed by atoms with van der Waals surface area (Å²) in [5, 5.41) is 15.4. The van der Waals surface area contributed by atoms with Gasteiger partial charge in [-0.1, -0.05) is 18.9 Å². The molecule has 4 heteroatoms. The summed E-state index contributed by atoms with van der Waals surface area (Å²) in [4.78, 5) is 11.6. The molecule has 1 aliphatic rings. The van der Waals surface area contributed by atoms with Crippen molar-refractivity contribution in [1.82, 2.24) is 10.6 Å². The number of hydrogen-bond acceptors (Lipinski definition) is 3. The van der Waals surface area contributed by atoms with Crippen molar-refractivity contribution in [3.05, 3.63) is 12.7 Å². The van der Waals surface area contributed by atoms with E-state index in [0.29, 0.717) is 6.54 Å². The van der Waals surface area contributed by atoms with Crippen LogP contribution in [0.3, 0.4) is 0 Å². The summed E-state index contributed by atoms with van der Waals surface area (Å²) in [7, 11) is 0. The minimum Gasteiger partial charge on any atom is -0.394 e. The zero-order valence-electron chi connectivity index (χ0n) is 9.96. The van der Waals surface area contributed by atoms with Crippen LogP contribution in [-0.4, -0.2) is 35.7 Å². The highest BCUT2D eigenvalue weighted by atomic mass is 16.3. The molecule has 0 aliphatic heterocycles. The third-order valence-electron chi connectivity index (χ3n) is 3.20. The van der Waals surface area contributed by atoms with Gasteiger partial charge in [-0.05, 0) is 19.8 Å². The summed E-state index contributed by atoms with van der Waals surface area (Å²) in [5.74, 6) is -0.0420. The van der Waals surface area contributed by atoms with E-state index in [1.807, 2.05) is 6.92 Å². The van der Waals surface area contributed by atoms with Crippen molar-refractivity contribution in [1.29, 1.82) is 0 Å². The van der Waals surface area contributed by atoms with E-state index in [9.17, 15) is 9.90 Å². The first-order valence-electron chi connectivity index (χ1n) is 5.91. The van der Waals surface area contributed by atoms with Gasteiger partial charge in [0.1, 0.15) is 0 Å². The van der Waals surface area contributed by atoms with E-state index in [2.05, 4.69) is 17.2 Å². The Morgan fingerprint density at radius 3 is 2.69 bits per heavy atom. The molecule has 0 heterocycles. The van der Waals surface area contributed by atoms with Gasteiger partial charge in [0.15, 0.2) is 0 Å². The summed E-state index contributed by atoms with van der Waals surface area (Å²) >= 11 is 0. The Hall–Kier alpha value is -0.870. The molecule has 0 aromatic heterocycles. The molecule has 1 unspecified atom stereocenters. The van der Waals surface area contributed by atoms with Crippen molar-refractivity contribution in [3.8, 4) is 0 Å². The maximum atomic E-state index is 11.6. The summed E-state index contributed by atoms with van der Waals surface area (Å²) in [5.41, 5.74) is -0.245. The van der Waals surface area contributed by atoms with Gasteiger partial charge in [0.2, 0.25) is 5.91 Å². The van der Waals surface area contributed by atoms with Crippen molar-refractivity contribution in [2.24, 2.45) is 0 Å². The van der Waals surface area contributed by atoms with E-state index in [-0.39, 0.29) is 24.1 Å². The van der Waals surface area contributed by atoms with Gasteiger partial charge < -0.3 is 10.4 Å². The second kappa shape index (κ2) is 6.01. The largest absolute Gasteiger partial charge is 0.394 e. The van der Waals surface area contributed by atoms with Crippen LogP contribution in [0.15, 0.2) is 12.7 Å². The molecule has 1 fully saturated rings. The summed E-state index contributed by atoms with van der Waals surface area (Å²) in [6.45, 7) is 5.96. The van der Waals surface area contributed by atoms with Crippen LogP contribution in [-0.2, 0) is 4.79 Å². The van der Waals surface area contributed by atoms with E-state index < -0.39 is 0 Å². The van der Waals surface area contributed by atoms with Crippen LogP contribution in [0.2, 0.25) is 0 Å². The molecule has 0 aromatic carbocycles. The van der Waals surface area contributed by atoms with Gasteiger partial charge in [-0.25, -0.2) is 0 Å². The van der Waals surface area contributed by atoms with Gasteiger partial charge in [-0.3, -0.25) is 10.1 Å². The fourth-order valence-corrected chi connectivity index (χ4v) is 2.25. The van der Waals surface area contributed by atoms with E-state index in [0.717, 1.165) is 25.7 Å². The molecule has 3 N–H and O–H groups in total. The first-order chi connectivity index (χ1) is 7.63. The molecule has 4 nitrogen and oxygen atoms in total. The van der Waals surface area contributed by atoms with Gasteiger partial charge in [-0.15, -0.1) is 6.58 Å². The Morgan fingerprint density at radius 2 is 2.19 bits per heavy atom. The van der Waals surface area contributed by atoms with Crippen LogP contribution < -0.4 is 10.6 Å². The average molecular weight is 226 g/mol. The number of rotatable bonds is 6. The highest BCUT2D eigenvalue weighted by molar-refractivity contribution is 5.81. The fourth-order valence-electron chi connectivity index (χ4n) is 2.25. The topological polar surface area (TPSA) is 61.4 Å². The predicted molar refractivity (Wildman–Crippen MR) is 64.1 cm³/mol. The van der Waals surface area contributed by atoms with Crippen molar-refractivity contribution < 1.29 is 9.90 Å². The zero-order valence-corrected chi connectivity index (χ0v) is 9.96. The lowest BCUT2D eigenvalue weighted by molar-refractivity contribution is -0.123. The molecule has 92 valence electrons. The van der Waals surface area contributed by atoms with Crippen molar-refractivity contribution >= 4 is 5.91 Å². The van der Waals surface area contributed by atoms with Crippen molar-refractivity contribution in [2.75, 3.05) is 13.2 Å². The second-order valence-corrected chi connectivity index (χ2v) is 4.55. The van der Waals surface area contributed by atoms with Crippen molar-refractivity contribution in [3.63, 3.8) is 0 Å². The SMILES string of the molecule is C=CCNC(=O)C(C)NC1(CO)CCCC1. The normalized spacial score (nSPS) is 20.4. The Morgan fingerprint density at radius 1 is 1.56 bits per heavy atom. The number of carbonyl (C=O) groups excluding carboxylic acids is 1. The standard InChI is InChI=1S/C12H22N2O2/c1-3-8-13-11(16)10(2)14-12(9-15)6-4-5-7-12/h3,10,14-15H,1,4-9H2,2H3,(H,13,16). The molecule has 1 atom stereocenters. The molecule has 1 saturated carbocycles. The van der Waals surface area contributed by atoms with Crippen molar-refractivity contribution in [2.45, 2.75) is 44.2 Å². The minimum absolute atomic E-state index is 0.0420. The number of hydrogen-bond donors (Lipinski definition) is 3. The lowest BCUT2D eigenvalue weighted by Gasteiger charge is -2.31. The second-order valence-electron chi connectivity index (χ2n) is 4.55. The highest BCUT2D eigenvalue weighted by Gasteiger charge is 2.35. The van der Waals surface area contributed by atoms with E-state index in [1.165, 1.54) is 0 Å². The lowest BCUT2D eigenvalue weighted by atomic mass is 9.97. The first kappa shape index (κ1) is 13.2. The fraction of sp³-hybridized carbons (Fsp3) is 0.750.